The van der Waals surface area contributed by atoms with Gasteiger partial charge in [-0.1, -0.05) is 6.07 Å². The van der Waals surface area contributed by atoms with Crippen LogP contribution in [-0.2, 0) is 15.6 Å². The number of hydrogen-bond donors (Lipinski definition) is 1. The van der Waals surface area contributed by atoms with Gasteiger partial charge < -0.3 is 19.0 Å². The molecule has 37 heavy (non-hydrogen) atoms. The molecule has 0 unspecified atom stereocenters. The first-order chi connectivity index (χ1) is 17.7. The summed E-state index contributed by atoms with van der Waals surface area (Å²) in [5.41, 5.74) is 0.828. The Morgan fingerprint density at radius 3 is 2.35 bits per heavy atom. The van der Waals surface area contributed by atoms with E-state index in [2.05, 4.69) is 15.2 Å². The second kappa shape index (κ2) is 10.4. The number of nitriles is 1. The van der Waals surface area contributed by atoms with E-state index in [0.29, 0.717) is 34.3 Å². The van der Waals surface area contributed by atoms with Crippen LogP contribution in [-0.4, -0.2) is 52.7 Å². The molecule has 0 bridgehead atoms. The topological polar surface area (TPSA) is 153 Å². The van der Waals surface area contributed by atoms with Crippen molar-refractivity contribution in [3.63, 3.8) is 0 Å². The first kappa shape index (κ1) is 25.9. The molecule has 0 spiro atoms. The van der Waals surface area contributed by atoms with E-state index in [4.69, 9.17) is 19.2 Å². The molecular formula is C25H25N5O6S. The lowest BCUT2D eigenvalue weighted by molar-refractivity contribution is 0.171. The molecular weight excluding hydrogens is 498 g/mol. The summed E-state index contributed by atoms with van der Waals surface area (Å²) >= 11 is 0. The first-order valence-corrected chi connectivity index (χ1v) is 12.9. The maximum absolute atomic E-state index is 13.5. The van der Waals surface area contributed by atoms with Crippen molar-refractivity contribution in [3.8, 4) is 34.8 Å². The molecule has 11 nitrogen and oxygen atoms in total. The summed E-state index contributed by atoms with van der Waals surface area (Å²) in [7, 11) is -1.03. The number of hydrogen-bond acceptors (Lipinski definition) is 10. The highest BCUT2D eigenvalue weighted by Crippen LogP contribution is 2.37. The van der Waals surface area contributed by atoms with Crippen molar-refractivity contribution < 1.29 is 27.4 Å². The van der Waals surface area contributed by atoms with Gasteiger partial charge in [0, 0.05) is 6.20 Å². The largest absolute Gasteiger partial charge is 0.494 e. The summed E-state index contributed by atoms with van der Waals surface area (Å²) in [4.78, 5) is 4.03. The van der Waals surface area contributed by atoms with Gasteiger partial charge in [0.05, 0.1) is 30.7 Å². The summed E-state index contributed by atoms with van der Waals surface area (Å²) in [5.74, 6) is 1.57. The number of pyridine rings is 1. The van der Waals surface area contributed by atoms with Crippen molar-refractivity contribution in [1.82, 2.24) is 19.7 Å². The van der Waals surface area contributed by atoms with Gasteiger partial charge in [-0.25, -0.2) is 8.42 Å². The number of aryl methyl sites for hydroxylation is 1. The minimum absolute atomic E-state index is 0.0682. The van der Waals surface area contributed by atoms with E-state index in [1.54, 1.807) is 37.3 Å². The molecule has 0 radical (unpaired) electrons. The first-order valence-electron chi connectivity index (χ1n) is 11.2. The van der Waals surface area contributed by atoms with E-state index in [1.807, 2.05) is 6.07 Å². The SMILES string of the molecule is COc1cccc(OC)c1-n1c(CS(=O)(=O)[C@H](C)[C@@H](O)c2ccc(C#N)cn2)nnc1-c1ccc(C)o1. The van der Waals surface area contributed by atoms with E-state index >= 15 is 0 Å². The van der Waals surface area contributed by atoms with Gasteiger partial charge in [-0.3, -0.25) is 9.55 Å². The highest BCUT2D eigenvalue weighted by molar-refractivity contribution is 7.91. The zero-order valence-corrected chi connectivity index (χ0v) is 21.4. The van der Waals surface area contributed by atoms with Crippen molar-refractivity contribution >= 4 is 9.84 Å². The average Bonchev–Trinajstić information content (AvgIpc) is 3.52. The van der Waals surface area contributed by atoms with Crippen LogP contribution in [0.5, 0.6) is 11.5 Å². The molecule has 0 fully saturated rings. The van der Waals surface area contributed by atoms with Crippen molar-refractivity contribution in [3.05, 3.63) is 71.5 Å². The van der Waals surface area contributed by atoms with Crippen LogP contribution < -0.4 is 9.47 Å². The van der Waals surface area contributed by atoms with Crippen molar-refractivity contribution in [1.29, 1.82) is 5.26 Å². The Morgan fingerprint density at radius 1 is 1.11 bits per heavy atom. The highest BCUT2D eigenvalue weighted by atomic mass is 32.2. The maximum Gasteiger partial charge on any atom is 0.204 e. The summed E-state index contributed by atoms with van der Waals surface area (Å²) in [6.07, 6.45) is -0.151. The van der Waals surface area contributed by atoms with E-state index in [0.717, 1.165) is 0 Å². The van der Waals surface area contributed by atoms with E-state index in [1.165, 1.54) is 44.0 Å². The van der Waals surface area contributed by atoms with E-state index in [9.17, 15) is 13.5 Å². The van der Waals surface area contributed by atoms with Crippen LogP contribution in [0.1, 0.15) is 35.9 Å². The third kappa shape index (κ3) is 5.04. The fourth-order valence-electron chi connectivity index (χ4n) is 3.81. The Bertz CT molecular complexity index is 1530. The van der Waals surface area contributed by atoms with Crippen LogP contribution in [0.3, 0.4) is 0 Å². The minimum atomic E-state index is -4.00. The lowest BCUT2D eigenvalue weighted by atomic mass is 10.1. The monoisotopic (exact) mass is 523 g/mol. The Morgan fingerprint density at radius 2 is 1.81 bits per heavy atom. The summed E-state index contributed by atoms with van der Waals surface area (Å²) < 4.78 is 45.3. The lowest BCUT2D eigenvalue weighted by Crippen LogP contribution is -2.28. The molecule has 0 aliphatic carbocycles. The fraction of sp³-hybridized carbons (Fsp3) is 0.280. The lowest BCUT2D eigenvalue weighted by Gasteiger charge is -2.20. The molecule has 3 aromatic heterocycles. The fourth-order valence-corrected chi connectivity index (χ4v) is 5.15. The van der Waals surface area contributed by atoms with Crippen LogP contribution in [0.15, 0.2) is 53.1 Å². The van der Waals surface area contributed by atoms with Crippen molar-refractivity contribution in [2.24, 2.45) is 0 Å². The second-order valence-electron chi connectivity index (χ2n) is 8.24. The number of aliphatic hydroxyl groups is 1. The number of para-hydroxylation sites is 1. The molecule has 192 valence electrons. The third-order valence-electron chi connectivity index (χ3n) is 5.88. The Hall–Kier alpha value is -4.21. The number of sulfone groups is 1. The predicted octanol–water partition coefficient (Wildman–Crippen LogP) is 3.16. The molecule has 0 saturated heterocycles. The van der Waals surface area contributed by atoms with Gasteiger partial charge in [-0.15, -0.1) is 10.2 Å². The number of aromatic nitrogens is 4. The molecule has 0 aliphatic rings. The van der Waals surface area contributed by atoms with Crippen LogP contribution >= 0.6 is 0 Å². The van der Waals surface area contributed by atoms with Crippen LogP contribution in [0.2, 0.25) is 0 Å². The molecule has 4 aromatic rings. The van der Waals surface area contributed by atoms with Gasteiger partial charge >= 0.3 is 0 Å². The molecule has 1 aromatic carbocycles. The normalized spacial score (nSPS) is 13.1. The zero-order valence-electron chi connectivity index (χ0n) is 20.6. The Kier molecular flexibility index (Phi) is 7.28. The van der Waals surface area contributed by atoms with Gasteiger partial charge in [0.25, 0.3) is 0 Å². The third-order valence-corrected chi connectivity index (χ3v) is 7.93. The Balaban J connectivity index is 1.79. The van der Waals surface area contributed by atoms with E-state index < -0.39 is 26.9 Å². The number of ether oxygens (including phenoxy) is 2. The summed E-state index contributed by atoms with van der Waals surface area (Å²) in [5, 5.41) is 26.9. The molecule has 12 heteroatoms. The number of furan rings is 1. The molecule has 2 atom stereocenters. The molecule has 0 saturated carbocycles. The molecule has 1 N–H and O–H groups in total. The van der Waals surface area contributed by atoms with Crippen LogP contribution in [0.4, 0.5) is 0 Å². The number of nitrogens with zero attached hydrogens (tertiary/aromatic N) is 5. The molecule has 3 heterocycles. The summed E-state index contributed by atoms with van der Waals surface area (Å²) in [6.45, 7) is 3.17. The summed E-state index contributed by atoms with van der Waals surface area (Å²) in [6, 6.07) is 13.4. The quantitative estimate of drug-likeness (QED) is 0.346. The van der Waals surface area contributed by atoms with Gasteiger partial charge in [0.1, 0.15) is 40.9 Å². The standard InChI is InChI=1S/C25H25N5O6S/c1-15-8-11-21(36-15)25-29-28-22(30(25)23-19(34-3)6-5-7-20(23)35-4)14-37(32,33)16(2)24(31)18-10-9-17(12-26)13-27-18/h5-11,13,16,24,31H,14H2,1-4H3/t16-,24-/m1/s1. The maximum atomic E-state index is 13.5. The van der Waals surface area contributed by atoms with Gasteiger partial charge in [-0.05, 0) is 50.2 Å². The van der Waals surface area contributed by atoms with E-state index in [-0.39, 0.29) is 17.3 Å². The zero-order chi connectivity index (χ0) is 26.7. The van der Waals surface area contributed by atoms with Crippen molar-refractivity contribution in [2.45, 2.75) is 31.0 Å². The minimum Gasteiger partial charge on any atom is -0.494 e. The molecule has 4 rings (SSSR count). The number of methoxy groups -OCH3 is 2. The molecule has 0 amide bonds. The number of benzene rings is 1. The van der Waals surface area contributed by atoms with Crippen molar-refractivity contribution in [2.75, 3.05) is 14.2 Å². The second-order valence-corrected chi connectivity index (χ2v) is 10.6. The van der Waals surface area contributed by atoms with Gasteiger partial charge in [0.2, 0.25) is 5.82 Å². The number of rotatable bonds is 9. The van der Waals surface area contributed by atoms with Gasteiger partial charge in [0.15, 0.2) is 21.4 Å². The van der Waals surface area contributed by atoms with Gasteiger partial charge in [-0.2, -0.15) is 5.26 Å². The average molecular weight is 524 g/mol. The Labute approximate surface area is 213 Å². The predicted molar refractivity (Wildman–Crippen MR) is 133 cm³/mol. The van der Waals surface area contributed by atoms with Crippen LogP contribution in [0.25, 0.3) is 17.3 Å². The number of aliphatic hydroxyl groups excluding tert-OH is 1. The van der Waals surface area contributed by atoms with Crippen LogP contribution in [0, 0.1) is 18.3 Å². The molecule has 0 aliphatic heterocycles. The highest BCUT2D eigenvalue weighted by Gasteiger charge is 2.33. The smallest absolute Gasteiger partial charge is 0.204 e.